The van der Waals surface area contributed by atoms with Gasteiger partial charge in [0.2, 0.25) is 5.95 Å². The Morgan fingerprint density at radius 3 is 2.86 bits per heavy atom. The molecule has 2 N–H and O–H groups in total. The van der Waals surface area contributed by atoms with Crippen LogP contribution in [0.3, 0.4) is 0 Å². The minimum atomic E-state index is -1.26. The Morgan fingerprint density at radius 2 is 2.11 bits per heavy atom. The molecule has 0 saturated carbocycles. The first-order valence-corrected chi connectivity index (χ1v) is 7.98. The van der Waals surface area contributed by atoms with E-state index < -0.39 is 17.8 Å². The van der Waals surface area contributed by atoms with E-state index in [4.69, 9.17) is 0 Å². The summed E-state index contributed by atoms with van der Waals surface area (Å²) in [6.07, 6.45) is 3.97. The maximum atomic E-state index is 13.8. The molecule has 0 aromatic carbocycles. The number of aromatic nitrogens is 6. The SMILES string of the molecule is Cn1ncc(C(=O)O)c1C(=O)Nc1ccn2nc(-c3cccnc3F)nc2c1. The summed E-state index contributed by atoms with van der Waals surface area (Å²) in [7, 11) is 1.47. The van der Waals surface area contributed by atoms with Crippen molar-refractivity contribution in [2.24, 2.45) is 7.05 Å². The molecule has 0 bridgehead atoms. The van der Waals surface area contributed by atoms with E-state index in [1.54, 1.807) is 12.1 Å². The normalized spacial score (nSPS) is 10.9. The van der Waals surface area contributed by atoms with Crippen LogP contribution in [0.2, 0.25) is 0 Å². The maximum Gasteiger partial charge on any atom is 0.339 e. The molecule has 11 heteroatoms. The number of carboxylic acids is 1. The van der Waals surface area contributed by atoms with Gasteiger partial charge in [0.25, 0.3) is 5.91 Å². The highest BCUT2D eigenvalue weighted by atomic mass is 19.1. The molecule has 4 aromatic rings. The molecule has 0 spiro atoms. The van der Waals surface area contributed by atoms with Crippen LogP contribution in [-0.2, 0) is 7.05 Å². The monoisotopic (exact) mass is 381 g/mol. The average molecular weight is 381 g/mol. The zero-order chi connectivity index (χ0) is 19.8. The smallest absolute Gasteiger partial charge is 0.339 e. The number of aromatic carboxylic acids is 1. The predicted octanol–water partition coefficient (Wildman–Crippen LogP) is 1.61. The van der Waals surface area contributed by atoms with Crippen LogP contribution >= 0.6 is 0 Å². The van der Waals surface area contributed by atoms with E-state index >= 15 is 0 Å². The highest BCUT2D eigenvalue weighted by Gasteiger charge is 2.22. The summed E-state index contributed by atoms with van der Waals surface area (Å²) in [6.45, 7) is 0. The summed E-state index contributed by atoms with van der Waals surface area (Å²) < 4.78 is 16.4. The van der Waals surface area contributed by atoms with Crippen molar-refractivity contribution in [3.8, 4) is 11.4 Å². The third kappa shape index (κ3) is 2.94. The van der Waals surface area contributed by atoms with E-state index in [1.165, 1.54) is 40.8 Å². The van der Waals surface area contributed by atoms with E-state index in [9.17, 15) is 19.1 Å². The molecule has 4 rings (SSSR count). The quantitative estimate of drug-likeness (QED) is 0.514. The largest absolute Gasteiger partial charge is 0.478 e. The zero-order valence-corrected chi connectivity index (χ0v) is 14.4. The summed E-state index contributed by atoms with van der Waals surface area (Å²) in [5, 5.41) is 19.8. The van der Waals surface area contributed by atoms with Crippen LogP contribution in [0, 0.1) is 5.95 Å². The van der Waals surface area contributed by atoms with Crippen molar-refractivity contribution in [1.29, 1.82) is 0 Å². The molecule has 0 aliphatic heterocycles. The molecule has 10 nitrogen and oxygen atoms in total. The minimum absolute atomic E-state index is 0.0908. The molecule has 0 saturated heterocycles. The zero-order valence-electron chi connectivity index (χ0n) is 14.4. The summed E-state index contributed by atoms with van der Waals surface area (Å²) in [5.41, 5.74) is 0.572. The average Bonchev–Trinajstić information content (AvgIpc) is 3.25. The van der Waals surface area contributed by atoms with Crippen molar-refractivity contribution < 1.29 is 19.1 Å². The number of pyridine rings is 2. The van der Waals surface area contributed by atoms with E-state index in [0.29, 0.717) is 11.3 Å². The van der Waals surface area contributed by atoms with E-state index in [1.807, 2.05) is 0 Å². The highest BCUT2D eigenvalue weighted by Crippen LogP contribution is 2.20. The number of hydrogen-bond donors (Lipinski definition) is 2. The first-order chi connectivity index (χ1) is 13.4. The van der Waals surface area contributed by atoms with Crippen LogP contribution in [0.5, 0.6) is 0 Å². The Labute approximate surface area is 156 Å². The third-order valence-electron chi connectivity index (χ3n) is 3.98. The number of halogens is 1. The number of carbonyl (C=O) groups excluding carboxylic acids is 1. The molecular formula is C17H12FN7O3. The molecule has 0 fully saturated rings. The lowest BCUT2D eigenvalue weighted by Crippen LogP contribution is -2.19. The van der Waals surface area contributed by atoms with Crippen LogP contribution < -0.4 is 5.32 Å². The number of nitrogens with zero attached hydrogens (tertiary/aromatic N) is 6. The van der Waals surface area contributed by atoms with Gasteiger partial charge in [-0.15, -0.1) is 5.10 Å². The first kappa shape index (κ1) is 17.3. The number of hydrogen-bond acceptors (Lipinski definition) is 6. The fraction of sp³-hybridized carbons (Fsp3) is 0.0588. The molecule has 0 atom stereocenters. The second kappa shape index (κ2) is 6.54. The fourth-order valence-corrected chi connectivity index (χ4v) is 2.68. The highest BCUT2D eigenvalue weighted by molar-refractivity contribution is 6.09. The van der Waals surface area contributed by atoms with E-state index in [-0.39, 0.29) is 22.6 Å². The van der Waals surface area contributed by atoms with Gasteiger partial charge in [-0.05, 0) is 18.2 Å². The number of anilines is 1. The van der Waals surface area contributed by atoms with Crippen molar-refractivity contribution in [1.82, 2.24) is 29.4 Å². The molecule has 4 heterocycles. The molecule has 140 valence electrons. The van der Waals surface area contributed by atoms with Crippen molar-refractivity contribution in [3.63, 3.8) is 0 Å². The van der Waals surface area contributed by atoms with Crippen LogP contribution in [0.1, 0.15) is 20.8 Å². The predicted molar refractivity (Wildman–Crippen MR) is 94.3 cm³/mol. The molecule has 0 radical (unpaired) electrons. The molecular weight excluding hydrogens is 369 g/mol. The van der Waals surface area contributed by atoms with Gasteiger partial charge in [0.1, 0.15) is 11.3 Å². The number of carbonyl (C=O) groups is 2. The van der Waals surface area contributed by atoms with Gasteiger partial charge in [0, 0.05) is 31.2 Å². The van der Waals surface area contributed by atoms with Gasteiger partial charge in [-0.2, -0.15) is 9.49 Å². The Balaban J connectivity index is 1.66. The fourth-order valence-electron chi connectivity index (χ4n) is 2.68. The summed E-state index contributed by atoms with van der Waals surface area (Å²) >= 11 is 0. The van der Waals surface area contributed by atoms with Gasteiger partial charge in [0.15, 0.2) is 11.5 Å². The second-order valence-electron chi connectivity index (χ2n) is 5.79. The third-order valence-corrected chi connectivity index (χ3v) is 3.98. The minimum Gasteiger partial charge on any atom is -0.478 e. The molecule has 28 heavy (non-hydrogen) atoms. The van der Waals surface area contributed by atoms with Gasteiger partial charge < -0.3 is 10.4 Å². The van der Waals surface area contributed by atoms with Crippen LogP contribution in [0.4, 0.5) is 10.1 Å². The Kier molecular flexibility index (Phi) is 4.03. The standard InChI is InChI=1S/C17H12FN7O3/c1-24-13(11(8-20-24)17(27)28)16(26)21-9-4-6-25-12(7-9)22-15(23-25)10-3-2-5-19-14(10)18/h2-8H,1H3,(H,21,26)(H,27,28). The van der Waals surface area contributed by atoms with Crippen LogP contribution in [0.15, 0.2) is 42.9 Å². The number of carboxylic acid groups (broad SMARTS) is 1. The number of nitrogens with one attached hydrogen (secondary N) is 1. The lowest BCUT2D eigenvalue weighted by Gasteiger charge is -2.06. The lowest BCUT2D eigenvalue weighted by molar-refractivity contribution is 0.0692. The van der Waals surface area contributed by atoms with Crippen molar-refractivity contribution >= 4 is 23.2 Å². The van der Waals surface area contributed by atoms with E-state index in [0.717, 1.165) is 6.20 Å². The number of amides is 1. The molecule has 1 amide bonds. The lowest BCUT2D eigenvalue weighted by atomic mass is 10.2. The van der Waals surface area contributed by atoms with Crippen LogP contribution in [0.25, 0.3) is 17.0 Å². The van der Waals surface area contributed by atoms with Crippen LogP contribution in [-0.4, -0.2) is 46.3 Å². The summed E-state index contributed by atoms with van der Waals surface area (Å²) in [5.74, 6) is -2.44. The van der Waals surface area contributed by atoms with Crippen molar-refractivity contribution in [2.45, 2.75) is 0 Å². The number of fused-ring (bicyclic) bond motifs is 1. The van der Waals surface area contributed by atoms with Gasteiger partial charge >= 0.3 is 5.97 Å². The molecule has 0 aliphatic carbocycles. The number of rotatable bonds is 4. The van der Waals surface area contributed by atoms with Gasteiger partial charge in [-0.3, -0.25) is 9.48 Å². The van der Waals surface area contributed by atoms with Crippen molar-refractivity contribution in [2.75, 3.05) is 5.32 Å². The van der Waals surface area contributed by atoms with Crippen molar-refractivity contribution in [3.05, 3.63) is 60.1 Å². The Hall–Kier alpha value is -4.15. The summed E-state index contributed by atoms with van der Waals surface area (Å²) in [6, 6.07) is 6.17. The van der Waals surface area contributed by atoms with E-state index in [2.05, 4.69) is 25.5 Å². The topological polar surface area (TPSA) is 127 Å². The molecule has 0 aliphatic rings. The first-order valence-electron chi connectivity index (χ1n) is 7.98. The number of aryl methyl sites for hydroxylation is 1. The van der Waals surface area contributed by atoms with Gasteiger partial charge in [-0.25, -0.2) is 19.3 Å². The summed E-state index contributed by atoms with van der Waals surface area (Å²) in [4.78, 5) is 31.6. The van der Waals surface area contributed by atoms with Gasteiger partial charge in [0.05, 0.1) is 11.8 Å². The van der Waals surface area contributed by atoms with Gasteiger partial charge in [-0.1, -0.05) is 0 Å². The Morgan fingerprint density at radius 1 is 1.29 bits per heavy atom. The molecule has 0 unspecified atom stereocenters. The Bertz CT molecular complexity index is 1230. The maximum absolute atomic E-state index is 13.8. The second-order valence-corrected chi connectivity index (χ2v) is 5.79. The molecule has 4 aromatic heterocycles.